The van der Waals surface area contributed by atoms with Crippen molar-refractivity contribution in [1.29, 1.82) is 0 Å². The Morgan fingerprint density at radius 1 is 1.17 bits per heavy atom. The quantitative estimate of drug-likeness (QED) is 0.919. The van der Waals surface area contributed by atoms with Gasteiger partial charge in [-0.1, -0.05) is 0 Å². The van der Waals surface area contributed by atoms with Crippen LogP contribution in [0.25, 0.3) is 0 Å². The van der Waals surface area contributed by atoms with Crippen LogP contribution in [-0.2, 0) is 9.59 Å². The van der Waals surface area contributed by atoms with E-state index in [-0.39, 0.29) is 11.8 Å². The topological polar surface area (TPSA) is 77.9 Å². The summed E-state index contributed by atoms with van der Waals surface area (Å²) in [5.74, 6) is 0.592. The Bertz CT molecular complexity index is 620. The van der Waals surface area contributed by atoms with Crippen molar-refractivity contribution < 1.29 is 9.59 Å². The maximum atomic E-state index is 12.2. The SMILES string of the molecule is CN1N=C(C(=O)Nc2ccc(N3CCCCC3)nc2)CCC1=O. The molecule has 0 unspecified atom stereocenters. The van der Waals surface area contributed by atoms with Crippen molar-refractivity contribution in [3.63, 3.8) is 0 Å². The van der Waals surface area contributed by atoms with Gasteiger partial charge in [-0.3, -0.25) is 9.59 Å². The number of rotatable bonds is 3. The van der Waals surface area contributed by atoms with E-state index in [2.05, 4.69) is 20.3 Å². The fraction of sp³-hybridized carbons (Fsp3) is 0.500. The molecule has 1 aromatic heterocycles. The molecule has 0 saturated carbocycles. The molecule has 3 heterocycles. The first-order chi connectivity index (χ1) is 11.1. The van der Waals surface area contributed by atoms with E-state index in [1.807, 2.05) is 12.1 Å². The van der Waals surface area contributed by atoms with Crippen molar-refractivity contribution in [3.8, 4) is 0 Å². The van der Waals surface area contributed by atoms with Gasteiger partial charge in [-0.2, -0.15) is 5.10 Å². The predicted octanol–water partition coefficient (Wildman–Crippen LogP) is 1.62. The van der Waals surface area contributed by atoms with E-state index < -0.39 is 0 Å². The van der Waals surface area contributed by atoms with Gasteiger partial charge >= 0.3 is 0 Å². The molecule has 1 N–H and O–H groups in total. The van der Waals surface area contributed by atoms with Gasteiger partial charge in [-0.15, -0.1) is 0 Å². The van der Waals surface area contributed by atoms with Gasteiger partial charge in [0.25, 0.3) is 5.91 Å². The number of amides is 2. The molecule has 0 radical (unpaired) electrons. The number of hydrogen-bond acceptors (Lipinski definition) is 5. The zero-order chi connectivity index (χ0) is 16.2. The minimum absolute atomic E-state index is 0.0749. The fourth-order valence-electron chi connectivity index (χ4n) is 2.81. The van der Waals surface area contributed by atoms with Crippen molar-refractivity contribution in [2.24, 2.45) is 5.10 Å². The molecule has 2 aliphatic heterocycles. The normalized spacial score (nSPS) is 18.7. The molecule has 7 nitrogen and oxygen atoms in total. The standard InChI is InChI=1S/C16H21N5O2/c1-20-15(22)8-6-13(19-20)16(23)18-12-5-7-14(17-11-12)21-9-3-2-4-10-21/h5,7,11H,2-4,6,8-10H2,1H3,(H,18,23). The molecule has 1 aromatic rings. The van der Waals surface area contributed by atoms with Crippen LogP contribution in [0, 0.1) is 0 Å². The van der Waals surface area contributed by atoms with Crippen molar-refractivity contribution in [3.05, 3.63) is 18.3 Å². The minimum Gasteiger partial charge on any atom is -0.357 e. The predicted molar refractivity (Wildman–Crippen MR) is 88.4 cm³/mol. The molecule has 122 valence electrons. The van der Waals surface area contributed by atoms with E-state index in [1.54, 1.807) is 13.2 Å². The monoisotopic (exact) mass is 315 g/mol. The van der Waals surface area contributed by atoms with Gasteiger partial charge in [-0.25, -0.2) is 9.99 Å². The lowest BCUT2D eigenvalue weighted by atomic mass is 10.1. The van der Waals surface area contributed by atoms with Crippen LogP contribution in [0.2, 0.25) is 0 Å². The smallest absolute Gasteiger partial charge is 0.271 e. The maximum absolute atomic E-state index is 12.2. The van der Waals surface area contributed by atoms with Crippen LogP contribution in [0.5, 0.6) is 0 Å². The summed E-state index contributed by atoms with van der Waals surface area (Å²) in [5.41, 5.74) is 1.00. The van der Waals surface area contributed by atoms with Crippen LogP contribution in [0.4, 0.5) is 11.5 Å². The van der Waals surface area contributed by atoms with Gasteiger partial charge in [0.15, 0.2) is 0 Å². The van der Waals surface area contributed by atoms with Gasteiger partial charge in [0.1, 0.15) is 11.5 Å². The zero-order valence-corrected chi connectivity index (χ0v) is 13.3. The highest BCUT2D eigenvalue weighted by atomic mass is 16.2. The summed E-state index contributed by atoms with van der Waals surface area (Å²) in [6.07, 6.45) is 6.03. The molecular formula is C16H21N5O2. The lowest BCUT2D eigenvalue weighted by Crippen LogP contribution is -2.34. The van der Waals surface area contributed by atoms with Crippen LogP contribution in [0.15, 0.2) is 23.4 Å². The number of carbonyl (C=O) groups is 2. The summed E-state index contributed by atoms with van der Waals surface area (Å²) in [6, 6.07) is 3.78. The highest BCUT2D eigenvalue weighted by Crippen LogP contribution is 2.19. The highest BCUT2D eigenvalue weighted by molar-refractivity contribution is 6.43. The molecule has 0 spiro atoms. The van der Waals surface area contributed by atoms with E-state index in [0.29, 0.717) is 24.2 Å². The molecule has 0 aromatic carbocycles. The van der Waals surface area contributed by atoms with Crippen molar-refractivity contribution in [1.82, 2.24) is 9.99 Å². The van der Waals surface area contributed by atoms with Gasteiger partial charge < -0.3 is 10.2 Å². The lowest BCUT2D eigenvalue weighted by Gasteiger charge is -2.27. The second-order valence-electron chi connectivity index (χ2n) is 5.87. The summed E-state index contributed by atoms with van der Waals surface area (Å²) >= 11 is 0. The third-order valence-electron chi connectivity index (χ3n) is 4.16. The van der Waals surface area contributed by atoms with E-state index in [0.717, 1.165) is 18.9 Å². The molecule has 3 rings (SSSR count). The zero-order valence-electron chi connectivity index (χ0n) is 13.3. The number of anilines is 2. The number of piperidine rings is 1. The van der Waals surface area contributed by atoms with Crippen LogP contribution < -0.4 is 10.2 Å². The second-order valence-corrected chi connectivity index (χ2v) is 5.87. The molecule has 1 fully saturated rings. The first kappa shape index (κ1) is 15.5. The lowest BCUT2D eigenvalue weighted by molar-refractivity contribution is -0.130. The number of nitrogens with one attached hydrogen (secondary N) is 1. The van der Waals surface area contributed by atoms with Gasteiger partial charge in [0.05, 0.1) is 11.9 Å². The van der Waals surface area contributed by atoms with Crippen molar-refractivity contribution >= 4 is 29.0 Å². The molecule has 7 heteroatoms. The van der Waals surface area contributed by atoms with Crippen molar-refractivity contribution in [2.45, 2.75) is 32.1 Å². The van der Waals surface area contributed by atoms with Crippen LogP contribution in [0.3, 0.4) is 0 Å². The summed E-state index contributed by atoms with van der Waals surface area (Å²) in [4.78, 5) is 30.3. The average Bonchev–Trinajstić information content (AvgIpc) is 2.59. The third-order valence-corrected chi connectivity index (χ3v) is 4.16. The number of aromatic nitrogens is 1. The molecular weight excluding hydrogens is 294 g/mol. The Kier molecular flexibility index (Phi) is 4.55. The second kappa shape index (κ2) is 6.76. The Labute approximate surface area is 135 Å². The molecule has 2 aliphatic rings. The third kappa shape index (κ3) is 3.67. The highest BCUT2D eigenvalue weighted by Gasteiger charge is 2.22. The van der Waals surface area contributed by atoms with Crippen LogP contribution in [-0.4, -0.2) is 47.7 Å². The Morgan fingerprint density at radius 3 is 2.61 bits per heavy atom. The average molecular weight is 315 g/mol. The molecule has 0 atom stereocenters. The molecule has 2 amide bonds. The number of hydrogen-bond donors (Lipinski definition) is 1. The van der Waals surface area contributed by atoms with Gasteiger partial charge in [0.2, 0.25) is 5.91 Å². The Hall–Kier alpha value is -2.44. The van der Waals surface area contributed by atoms with E-state index in [9.17, 15) is 9.59 Å². The minimum atomic E-state index is -0.281. The first-order valence-corrected chi connectivity index (χ1v) is 8.00. The summed E-state index contributed by atoms with van der Waals surface area (Å²) < 4.78 is 0. The molecule has 23 heavy (non-hydrogen) atoms. The summed E-state index contributed by atoms with van der Waals surface area (Å²) in [6.45, 7) is 2.08. The Morgan fingerprint density at radius 2 is 1.96 bits per heavy atom. The van der Waals surface area contributed by atoms with E-state index >= 15 is 0 Å². The molecule has 1 saturated heterocycles. The van der Waals surface area contributed by atoms with Crippen LogP contribution >= 0.6 is 0 Å². The molecule has 0 bridgehead atoms. The first-order valence-electron chi connectivity index (χ1n) is 8.00. The van der Waals surface area contributed by atoms with Crippen LogP contribution in [0.1, 0.15) is 32.1 Å². The molecule has 0 aliphatic carbocycles. The van der Waals surface area contributed by atoms with Crippen molar-refractivity contribution in [2.75, 3.05) is 30.4 Å². The maximum Gasteiger partial charge on any atom is 0.271 e. The summed E-state index contributed by atoms with van der Waals surface area (Å²) in [7, 11) is 1.56. The fourth-order valence-corrected chi connectivity index (χ4v) is 2.81. The van der Waals surface area contributed by atoms with E-state index in [1.165, 1.54) is 24.3 Å². The number of hydrazone groups is 1. The number of nitrogens with zero attached hydrogens (tertiary/aromatic N) is 4. The number of carbonyl (C=O) groups excluding carboxylic acids is 2. The van der Waals surface area contributed by atoms with Gasteiger partial charge in [0, 0.05) is 33.0 Å². The van der Waals surface area contributed by atoms with Gasteiger partial charge in [-0.05, 0) is 31.4 Å². The largest absolute Gasteiger partial charge is 0.357 e. The Balaban J connectivity index is 1.63. The number of pyridine rings is 1. The van der Waals surface area contributed by atoms with E-state index in [4.69, 9.17) is 0 Å². The summed E-state index contributed by atoms with van der Waals surface area (Å²) in [5, 5.41) is 8.02.